The first kappa shape index (κ1) is 47.6. The summed E-state index contributed by atoms with van der Waals surface area (Å²) >= 11 is 0. The zero-order chi connectivity index (χ0) is 47.3. The van der Waals surface area contributed by atoms with Crippen LogP contribution in [0.4, 0.5) is 0 Å². The standard InChI is InChI=1S/C52H52N4.C11H8N.Ir/c1-49(2)43-31-37(26-28-45(43)55-47(51(49,5)6)41(33-53-55)39-18-11-9-12-19-39)24-22-35-16-15-17-36(30-35)23-25-38-27-29-46-44(32-38)50(3,4)52(7,8)48-42(34-54-56(46)48)40-20-13-10-14-21-40;1-2-6-10(7-3-1)11-8-4-5-9-12-11;/h9-21,26-27,30-34H,22-25H2,1-8H3;1-6,8-9H;/q-2;-1;+3. The monoisotopic (exact) mass is 1080 g/mol. The molecule has 0 aliphatic carbocycles. The Morgan fingerprint density at radius 2 is 0.913 bits per heavy atom. The topological polar surface area (TPSA) is 48.5 Å². The van der Waals surface area contributed by atoms with Crippen LogP contribution in [0.2, 0.25) is 0 Å². The number of aromatic nitrogens is 5. The molecule has 5 heterocycles. The van der Waals surface area contributed by atoms with Crippen molar-refractivity contribution in [2.45, 2.75) is 103 Å². The van der Waals surface area contributed by atoms with E-state index in [-0.39, 0.29) is 41.8 Å². The Bertz CT molecular complexity index is 3000. The van der Waals surface area contributed by atoms with E-state index in [0.29, 0.717) is 0 Å². The van der Waals surface area contributed by atoms with Crippen molar-refractivity contribution in [1.29, 1.82) is 0 Å². The second kappa shape index (κ2) is 18.8. The van der Waals surface area contributed by atoms with E-state index >= 15 is 0 Å². The number of hydrogen-bond acceptors (Lipinski definition) is 3. The van der Waals surface area contributed by atoms with Gasteiger partial charge in [-0.25, -0.2) is 0 Å². The van der Waals surface area contributed by atoms with Gasteiger partial charge in [-0.1, -0.05) is 165 Å². The molecule has 0 bridgehead atoms. The fourth-order valence-electron chi connectivity index (χ4n) is 10.4. The van der Waals surface area contributed by atoms with Gasteiger partial charge in [0.2, 0.25) is 0 Å². The number of aryl methyl sites for hydroxylation is 4. The van der Waals surface area contributed by atoms with Crippen LogP contribution >= 0.6 is 0 Å². The number of rotatable bonds is 9. The van der Waals surface area contributed by atoms with Gasteiger partial charge in [0.05, 0.1) is 23.8 Å². The van der Waals surface area contributed by atoms with Crippen LogP contribution in [-0.4, -0.2) is 24.5 Å². The predicted molar refractivity (Wildman–Crippen MR) is 278 cm³/mol. The molecule has 69 heavy (non-hydrogen) atoms. The van der Waals surface area contributed by atoms with Gasteiger partial charge in [-0.05, 0) is 69.1 Å². The van der Waals surface area contributed by atoms with Crippen molar-refractivity contribution in [3.63, 3.8) is 0 Å². The molecule has 2 aliphatic heterocycles. The first-order valence-electron chi connectivity index (χ1n) is 24.1. The molecule has 0 spiro atoms. The first-order valence-corrected chi connectivity index (χ1v) is 24.1. The van der Waals surface area contributed by atoms with Crippen molar-refractivity contribution >= 4 is 0 Å². The van der Waals surface area contributed by atoms with Crippen LogP contribution in [0.3, 0.4) is 0 Å². The van der Waals surface area contributed by atoms with Crippen molar-refractivity contribution in [2.24, 2.45) is 0 Å². The minimum Gasteiger partial charge on any atom is -0.305 e. The Balaban J connectivity index is 0.000000397. The number of fused-ring (bicyclic) bond motifs is 6. The quantitative estimate of drug-likeness (QED) is 0.135. The van der Waals surface area contributed by atoms with Crippen LogP contribution in [0.5, 0.6) is 0 Å². The molecule has 0 radical (unpaired) electrons. The van der Waals surface area contributed by atoms with Crippen LogP contribution in [0, 0.1) is 18.2 Å². The van der Waals surface area contributed by atoms with Crippen LogP contribution in [-0.2, 0) is 67.4 Å². The Morgan fingerprint density at radius 1 is 0.449 bits per heavy atom. The van der Waals surface area contributed by atoms with E-state index in [1.54, 1.807) is 6.20 Å². The SMILES string of the molecule is CC1(C)c2cc(CCc3cccc(CCc4c[c-]c5c(c4)C(C)(C)C(C)(C)c4c(-c6ccccc6)cnn4-5)c3)c[c-]c2-n2ncc(-c3ccccc3)c2C1(C)C.[Ir+3].[c-]1ccccc1-c1ccccn1. The Morgan fingerprint density at radius 3 is 1.36 bits per heavy atom. The molecular weight excluding hydrogens is 1020 g/mol. The van der Waals surface area contributed by atoms with Crippen LogP contribution < -0.4 is 0 Å². The summed E-state index contributed by atoms with van der Waals surface area (Å²) in [7, 11) is 0. The number of nitrogens with zero attached hydrogens (tertiary/aromatic N) is 5. The maximum Gasteiger partial charge on any atom is 3.00 e. The molecule has 346 valence electrons. The average Bonchev–Trinajstić information content (AvgIpc) is 4.03. The molecule has 11 rings (SSSR count). The molecule has 6 aromatic carbocycles. The molecule has 2 aliphatic rings. The molecule has 0 atom stereocenters. The maximum absolute atomic E-state index is 4.94. The summed E-state index contributed by atoms with van der Waals surface area (Å²) in [4.78, 5) is 4.22. The van der Waals surface area contributed by atoms with E-state index in [9.17, 15) is 0 Å². The third kappa shape index (κ3) is 8.57. The molecule has 9 aromatic rings. The van der Waals surface area contributed by atoms with E-state index in [1.807, 2.05) is 54.9 Å². The van der Waals surface area contributed by atoms with E-state index in [2.05, 4.69) is 197 Å². The Kier molecular flexibility index (Phi) is 13.0. The van der Waals surface area contributed by atoms with Crippen molar-refractivity contribution < 1.29 is 20.1 Å². The van der Waals surface area contributed by atoms with Crippen molar-refractivity contribution in [3.8, 4) is 44.9 Å². The minimum absolute atomic E-state index is 0. The predicted octanol–water partition coefficient (Wildman–Crippen LogP) is 14.2. The van der Waals surface area contributed by atoms with Crippen LogP contribution in [0.25, 0.3) is 44.9 Å². The third-order valence-corrected chi connectivity index (χ3v) is 15.8. The van der Waals surface area contributed by atoms with Gasteiger partial charge in [0.1, 0.15) is 0 Å². The summed E-state index contributed by atoms with van der Waals surface area (Å²) in [6, 6.07) is 63.9. The van der Waals surface area contributed by atoms with E-state index in [1.165, 1.54) is 67.0 Å². The average molecular weight is 1080 g/mol. The van der Waals surface area contributed by atoms with Crippen molar-refractivity contribution in [1.82, 2.24) is 24.5 Å². The first-order chi connectivity index (χ1) is 32.8. The van der Waals surface area contributed by atoms with Gasteiger partial charge in [-0.2, -0.15) is 57.7 Å². The summed E-state index contributed by atoms with van der Waals surface area (Å²) in [5.41, 5.74) is 19.0. The van der Waals surface area contributed by atoms with Crippen LogP contribution in [0.15, 0.2) is 170 Å². The van der Waals surface area contributed by atoms with Gasteiger partial charge in [-0.15, -0.1) is 47.0 Å². The minimum atomic E-state index is -0.141. The molecule has 0 N–H and O–H groups in total. The van der Waals surface area contributed by atoms with Gasteiger partial charge in [0.15, 0.2) is 0 Å². The van der Waals surface area contributed by atoms with Gasteiger partial charge >= 0.3 is 20.1 Å². The number of pyridine rings is 1. The maximum atomic E-state index is 4.94. The summed E-state index contributed by atoms with van der Waals surface area (Å²) < 4.78 is 4.30. The second-order valence-electron chi connectivity index (χ2n) is 20.7. The normalized spacial score (nSPS) is 15.2. The summed E-state index contributed by atoms with van der Waals surface area (Å²) in [6.07, 6.45) is 9.78. The van der Waals surface area contributed by atoms with Gasteiger partial charge in [0, 0.05) is 28.2 Å². The van der Waals surface area contributed by atoms with E-state index in [4.69, 9.17) is 10.2 Å². The molecule has 5 nitrogen and oxygen atoms in total. The Labute approximate surface area is 423 Å². The fourth-order valence-corrected chi connectivity index (χ4v) is 10.4. The molecular formula is C63H60IrN5. The smallest absolute Gasteiger partial charge is 0.305 e. The summed E-state index contributed by atoms with van der Waals surface area (Å²) in [5.74, 6) is 0. The molecule has 0 unspecified atom stereocenters. The van der Waals surface area contributed by atoms with E-state index < -0.39 is 0 Å². The molecule has 0 fully saturated rings. The zero-order valence-electron chi connectivity index (χ0n) is 41.1. The van der Waals surface area contributed by atoms with Crippen LogP contribution in [0.1, 0.15) is 100 Å². The van der Waals surface area contributed by atoms with Gasteiger partial charge in [0.25, 0.3) is 0 Å². The number of benzene rings is 6. The number of hydrogen-bond donors (Lipinski definition) is 0. The molecule has 0 amide bonds. The summed E-state index contributed by atoms with van der Waals surface area (Å²) in [5, 5.41) is 9.88. The molecule has 0 saturated heterocycles. The Hall–Kier alpha value is -6.46. The largest absolute Gasteiger partial charge is 3.00 e. The zero-order valence-corrected chi connectivity index (χ0v) is 43.5. The fraction of sp³-hybridized carbons (Fsp3) is 0.254. The van der Waals surface area contributed by atoms with Gasteiger partial charge in [-0.3, -0.25) is 9.36 Å². The van der Waals surface area contributed by atoms with E-state index in [0.717, 1.165) is 48.3 Å². The van der Waals surface area contributed by atoms with Crippen molar-refractivity contribution in [3.05, 3.63) is 233 Å². The second-order valence-corrected chi connectivity index (χ2v) is 20.7. The molecule has 6 heteroatoms. The van der Waals surface area contributed by atoms with Crippen molar-refractivity contribution in [2.75, 3.05) is 0 Å². The third-order valence-electron chi connectivity index (χ3n) is 15.8. The van der Waals surface area contributed by atoms with Gasteiger partial charge < -0.3 is 4.98 Å². The molecule has 3 aromatic heterocycles. The summed E-state index contributed by atoms with van der Waals surface area (Å²) in [6.45, 7) is 19.0. The molecule has 0 saturated carbocycles.